The van der Waals surface area contributed by atoms with Crippen molar-refractivity contribution in [2.45, 2.75) is 57.6 Å². The van der Waals surface area contributed by atoms with Crippen LogP contribution in [0.15, 0.2) is 85.2 Å². The Balaban J connectivity index is 1.21. The molecule has 0 aliphatic carbocycles. The van der Waals surface area contributed by atoms with Crippen LogP contribution in [0.2, 0.25) is 10.3 Å². The maximum atomic E-state index is 13.4. The van der Waals surface area contributed by atoms with Crippen LogP contribution in [0.1, 0.15) is 48.0 Å². The smallest absolute Gasteiger partial charge is 0.408 e. The molecule has 13 heteroatoms. The van der Waals surface area contributed by atoms with Gasteiger partial charge in [0.05, 0.1) is 43.8 Å². The largest absolute Gasteiger partial charge is 0.445 e. The lowest BCUT2D eigenvalue weighted by Crippen LogP contribution is -2.42. The molecule has 3 amide bonds. The molecule has 47 heavy (non-hydrogen) atoms. The van der Waals surface area contributed by atoms with Gasteiger partial charge in [-0.15, -0.1) is 0 Å². The lowest BCUT2D eigenvalue weighted by molar-refractivity contribution is -0.276. The molecule has 6 rings (SSSR count). The van der Waals surface area contributed by atoms with Gasteiger partial charge in [0, 0.05) is 11.5 Å². The summed E-state index contributed by atoms with van der Waals surface area (Å²) in [5.74, 6) is -1.19. The summed E-state index contributed by atoms with van der Waals surface area (Å²) in [6.45, 7) is 2.29. The highest BCUT2D eigenvalue weighted by molar-refractivity contribution is 6.40. The van der Waals surface area contributed by atoms with Gasteiger partial charge >= 0.3 is 6.09 Å². The normalized spacial score (nSPS) is 22.8. The SMILES string of the molecule is CC1C(Cn2cnc(Cl)c2Cl)OC(c2cccc(N3C(=O)CC(NC(=O)OCc4ccccc4)C3=O)c2)OC1c1ccc(CO)cc1. The van der Waals surface area contributed by atoms with Crippen LogP contribution in [-0.4, -0.2) is 44.7 Å². The van der Waals surface area contributed by atoms with Crippen molar-refractivity contribution in [3.8, 4) is 0 Å². The quantitative estimate of drug-likeness (QED) is 0.215. The highest BCUT2D eigenvalue weighted by Gasteiger charge is 2.42. The number of alkyl carbamates (subject to hydrolysis) is 1. The number of aliphatic hydroxyl groups excluding tert-OH is 1. The fourth-order valence-corrected chi connectivity index (χ4v) is 6.04. The van der Waals surface area contributed by atoms with Gasteiger partial charge in [0.2, 0.25) is 5.91 Å². The van der Waals surface area contributed by atoms with Gasteiger partial charge in [-0.25, -0.2) is 14.7 Å². The number of imidazole rings is 1. The summed E-state index contributed by atoms with van der Waals surface area (Å²) in [5.41, 5.74) is 3.34. The second-order valence-corrected chi connectivity index (χ2v) is 12.1. The highest BCUT2D eigenvalue weighted by atomic mass is 35.5. The van der Waals surface area contributed by atoms with Gasteiger partial charge in [-0.05, 0) is 28.8 Å². The summed E-state index contributed by atoms with van der Waals surface area (Å²) in [5, 5.41) is 12.5. The lowest BCUT2D eigenvalue weighted by Gasteiger charge is -2.41. The highest BCUT2D eigenvalue weighted by Crippen LogP contribution is 2.43. The third kappa shape index (κ3) is 7.19. The molecule has 11 nitrogen and oxygen atoms in total. The van der Waals surface area contributed by atoms with E-state index >= 15 is 0 Å². The Bertz CT molecular complexity index is 1750. The Morgan fingerprint density at radius 1 is 1.00 bits per heavy atom. The molecule has 3 aromatic carbocycles. The first-order valence-electron chi connectivity index (χ1n) is 15.0. The Morgan fingerprint density at radius 3 is 2.47 bits per heavy atom. The molecule has 2 N–H and O–H groups in total. The van der Waals surface area contributed by atoms with E-state index < -0.39 is 42.4 Å². The Kier molecular flexibility index (Phi) is 9.90. The number of hydrogen-bond acceptors (Lipinski definition) is 8. The zero-order valence-corrected chi connectivity index (χ0v) is 26.8. The van der Waals surface area contributed by atoms with Crippen LogP contribution >= 0.6 is 23.2 Å². The molecule has 3 heterocycles. The van der Waals surface area contributed by atoms with Gasteiger partial charge in [0.15, 0.2) is 11.4 Å². The van der Waals surface area contributed by atoms with Crippen LogP contribution in [0.25, 0.3) is 0 Å². The summed E-state index contributed by atoms with van der Waals surface area (Å²) in [4.78, 5) is 44.0. The van der Waals surface area contributed by atoms with Gasteiger partial charge in [0.25, 0.3) is 5.91 Å². The predicted molar refractivity (Wildman–Crippen MR) is 172 cm³/mol. The molecule has 244 valence electrons. The summed E-state index contributed by atoms with van der Waals surface area (Å²) in [6, 6.07) is 22.3. The number of aliphatic hydroxyl groups is 1. The third-order valence-electron chi connectivity index (χ3n) is 8.28. The molecule has 2 fully saturated rings. The second-order valence-electron chi connectivity index (χ2n) is 11.4. The number of imide groups is 1. The second kappa shape index (κ2) is 14.2. The van der Waals surface area contributed by atoms with E-state index in [0.717, 1.165) is 21.6 Å². The molecule has 2 aliphatic heterocycles. The molecule has 0 saturated carbocycles. The topological polar surface area (TPSA) is 132 Å². The maximum Gasteiger partial charge on any atom is 0.408 e. The average molecular weight is 680 g/mol. The molecule has 2 saturated heterocycles. The van der Waals surface area contributed by atoms with E-state index in [1.54, 1.807) is 35.2 Å². The van der Waals surface area contributed by atoms with E-state index in [4.69, 9.17) is 37.4 Å². The number of anilines is 1. The number of carbonyl (C=O) groups is 3. The Hall–Kier alpha value is -4.26. The van der Waals surface area contributed by atoms with Gasteiger partial charge in [-0.3, -0.25) is 9.59 Å². The molecule has 0 spiro atoms. The summed E-state index contributed by atoms with van der Waals surface area (Å²) >= 11 is 12.5. The van der Waals surface area contributed by atoms with E-state index in [-0.39, 0.29) is 35.9 Å². The van der Waals surface area contributed by atoms with Crippen LogP contribution < -0.4 is 10.2 Å². The summed E-state index contributed by atoms with van der Waals surface area (Å²) < 4.78 is 20.0. The van der Waals surface area contributed by atoms with E-state index in [1.165, 1.54) is 0 Å². The first-order valence-corrected chi connectivity index (χ1v) is 15.8. The number of halogens is 2. The Morgan fingerprint density at radius 2 is 1.77 bits per heavy atom. The third-order valence-corrected chi connectivity index (χ3v) is 9.05. The molecule has 0 radical (unpaired) electrons. The van der Waals surface area contributed by atoms with E-state index in [0.29, 0.717) is 17.8 Å². The number of hydrogen-bond donors (Lipinski definition) is 2. The van der Waals surface area contributed by atoms with Crippen molar-refractivity contribution in [3.05, 3.63) is 118 Å². The van der Waals surface area contributed by atoms with E-state index in [1.807, 2.05) is 61.5 Å². The lowest BCUT2D eigenvalue weighted by atomic mass is 9.90. The van der Waals surface area contributed by atoms with Crippen molar-refractivity contribution in [2.75, 3.05) is 4.90 Å². The summed E-state index contributed by atoms with van der Waals surface area (Å²) in [7, 11) is 0. The van der Waals surface area contributed by atoms with Crippen LogP contribution in [0.5, 0.6) is 0 Å². The van der Waals surface area contributed by atoms with Crippen LogP contribution in [0.4, 0.5) is 10.5 Å². The number of carbonyl (C=O) groups excluding carboxylic acids is 3. The Labute approximate surface area is 281 Å². The number of aromatic nitrogens is 2. The number of benzene rings is 3. The number of nitrogens with one attached hydrogen (secondary N) is 1. The van der Waals surface area contributed by atoms with Crippen molar-refractivity contribution < 1.29 is 33.7 Å². The monoisotopic (exact) mass is 678 g/mol. The molecule has 1 aromatic heterocycles. The maximum absolute atomic E-state index is 13.4. The minimum absolute atomic E-state index is 0.0287. The zero-order valence-electron chi connectivity index (χ0n) is 25.3. The van der Waals surface area contributed by atoms with Crippen LogP contribution in [0.3, 0.4) is 0 Å². The van der Waals surface area contributed by atoms with Crippen LogP contribution in [-0.2, 0) is 43.6 Å². The fraction of sp³-hybridized carbons (Fsp3) is 0.294. The first kappa shape index (κ1) is 32.7. The van der Waals surface area contributed by atoms with Gasteiger partial charge < -0.3 is 29.2 Å². The molecule has 0 bridgehead atoms. The zero-order chi connectivity index (χ0) is 33.1. The number of rotatable bonds is 9. The molecular formula is C34H32Cl2N4O7. The van der Waals surface area contributed by atoms with Crippen molar-refractivity contribution >= 4 is 46.8 Å². The molecule has 4 aromatic rings. The summed E-state index contributed by atoms with van der Waals surface area (Å²) in [6.07, 6.45) is -1.17. The van der Waals surface area contributed by atoms with Crippen molar-refractivity contribution in [1.82, 2.24) is 14.9 Å². The number of amides is 3. The average Bonchev–Trinajstić information content (AvgIpc) is 3.56. The molecule has 5 atom stereocenters. The predicted octanol–water partition coefficient (Wildman–Crippen LogP) is 5.73. The standard InChI is InChI=1S/C34H32Cl2N4O7/c1-20-27(16-39-19-37-30(35)31(39)36)46-33(47-29(20)23-12-10-21(17-41)11-13-23)24-8-5-9-25(14-24)40-28(42)15-26(32(40)43)38-34(44)45-18-22-6-3-2-4-7-22/h2-14,19-20,26-27,29,33,41H,15-18H2,1H3,(H,38,44). The first-order chi connectivity index (χ1) is 22.7. The van der Waals surface area contributed by atoms with Crippen LogP contribution in [0, 0.1) is 5.92 Å². The van der Waals surface area contributed by atoms with Crippen molar-refractivity contribution in [1.29, 1.82) is 0 Å². The molecular weight excluding hydrogens is 647 g/mol. The van der Waals surface area contributed by atoms with E-state index in [2.05, 4.69) is 10.3 Å². The van der Waals surface area contributed by atoms with Gasteiger partial charge in [-0.2, -0.15) is 0 Å². The molecule has 5 unspecified atom stereocenters. The number of nitrogens with zero attached hydrogens (tertiary/aromatic N) is 3. The van der Waals surface area contributed by atoms with Crippen molar-refractivity contribution in [2.24, 2.45) is 5.92 Å². The van der Waals surface area contributed by atoms with Gasteiger partial charge in [0.1, 0.15) is 17.8 Å². The van der Waals surface area contributed by atoms with Crippen molar-refractivity contribution in [3.63, 3.8) is 0 Å². The number of ether oxygens (including phenoxy) is 3. The fourth-order valence-electron chi connectivity index (χ4n) is 5.73. The minimum Gasteiger partial charge on any atom is -0.445 e. The van der Waals surface area contributed by atoms with E-state index in [9.17, 15) is 19.5 Å². The molecule has 2 aliphatic rings. The van der Waals surface area contributed by atoms with Gasteiger partial charge in [-0.1, -0.05) is 96.9 Å². The minimum atomic E-state index is -1.07.